The molecular formula is C25H25Cl2N5O2. The van der Waals surface area contributed by atoms with Crippen molar-refractivity contribution in [3.63, 3.8) is 0 Å². The molecule has 0 fully saturated rings. The van der Waals surface area contributed by atoms with E-state index >= 15 is 0 Å². The highest BCUT2D eigenvalue weighted by molar-refractivity contribution is 6.35. The maximum absolute atomic E-state index is 13.7. The van der Waals surface area contributed by atoms with Crippen LogP contribution in [-0.4, -0.2) is 25.2 Å². The largest absolute Gasteiger partial charge is 0.332 e. The number of aryl methyl sites for hydroxylation is 3. The topological polar surface area (TPSA) is 65.1 Å². The molecule has 0 bridgehead atoms. The lowest BCUT2D eigenvalue weighted by molar-refractivity contribution is 0.458. The Balaban J connectivity index is 1.72. The van der Waals surface area contributed by atoms with Crippen molar-refractivity contribution in [3.05, 3.63) is 84.0 Å². The molecule has 1 aliphatic rings. The summed E-state index contributed by atoms with van der Waals surface area (Å²) in [6.45, 7) is 7.75. The molecule has 2 aromatic carbocycles. The average molecular weight is 498 g/mol. The summed E-state index contributed by atoms with van der Waals surface area (Å²) in [5.41, 5.74) is 3.97. The minimum absolute atomic E-state index is 0.0499. The van der Waals surface area contributed by atoms with Crippen LogP contribution in [0.15, 0.2) is 46.0 Å². The van der Waals surface area contributed by atoms with Crippen LogP contribution in [0, 0.1) is 19.8 Å². The van der Waals surface area contributed by atoms with Gasteiger partial charge in [0.25, 0.3) is 5.56 Å². The van der Waals surface area contributed by atoms with Gasteiger partial charge < -0.3 is 9.47 Å². The van der Waals surface area contributed by atoms with E-state index < -0.39 is 5.69 Å². The highest BCUT2D eigenvalue weighted by Gasteiger charge is 2.30. The fourth-order valence-electron chi connectivity index (χ4n) is 4.79. The van der Waals surface area contributed by atoms with Gasteiger partial charge in [0.05, 0.1) is 6.54 Å². The van der Waals surface area contributed by atoms with Gasteiger partial charge in [0.2, 0.25) is 5.95 Å². The Morgan fingerprint density at radius 1 is 1.03 bits per heavy atom. The van der Waals surface area contributed by atoms with E-state index in [1.54, 1.807) is 25.2 Å². The molecule has 0 saturated heterocycles. The van der Waals surface area contributed by atoms with Gasteiger partial charge in [-0.2, -0.15) is 4.98 Å². The van der Waals surface area contributed by atoms with Crippen LogP contribution in [0.2, 0.25) is 10.0 Å². The van der Waals surface area contributed by atoms with E-state index in [9.17, 15) is 9.59 Å². The van der Waals surface area contributed by atoms with Crippen molar-refractivity contribution in [1.29, 1.82) is 0 Å². The number of hydrogen-bond donors (Lipinski definition) is 0. The molecule has 1 atom stereocenters. The van der Waals surface area contributed by atoms with Gasteiger partial charge in [0.15, 0.2) is 11.2 Å². The van der Waals surface area contributed by atoms with Gasteiger partial charge in [-0.1, -0.05) is 42.3 Å². The number of anilines is 2. The molecule has 4 aromatic rings. The number of rotatable bonds is 3. The zero-order valence-corrected chi connectivity index (χ0v) is 21.0. The van der Waals surface area contributed by atoms with Crippen LogP contribution in [0.3, 0.4) is 0 Å². The van der Waals surface area contributed by atoms with Gasteiger partial charge >= 0.3 is 5.69 Å². The van der Waals surface area contributed by atoms with Crippen molar-refractivity contribution >= 4 is 46.0 Å². The lowest BCUT2D eigenvalue weighted by Crippen LogP contribution is -2.40. The summed E-state index contributed by atoms with van der Waals surface area (Å²) in [5, 5.41) is 0.904. The number of benzene rings is 2. The fraction of sp³-hybridized carbons (Fsp3) is 0.320. The molecule has 7 nitrogen and oxygen atoms in total. The van der Waals surface area contributed by atoms with E-state index in [0.29, 0.717) is 39.3 Å². The van der Waals surface area contributed by atoms with Crippen LogP contribution < -0.4 is 16.1 Å². The summed E-state index contributed by atoms with van der Waals surface area (Å²) < 4.78 is 4.60. The van der Waals surface area contributed by atoms with Gasteiger partial charge in [-0.05, 0) is 60.7 Å². The van der Waals surface area contributed by atoms with Gasteiger partial charge in [-0.15, -0.1) is 0 Å². The Morgan fingerprint density at radius 2 is 1.74 bits per heavy atom. The number of halogens is 2. The monoisotopic (exact) mass is 497 g/mol. The SMILES string of the molecule is Cc1cc(C)cc(N2C[C@H](C)Cn3c2nc2c3c(=O)n(Cc3ccc(Cl)cc3Cl)c(=O)n2C)c1. The standard InChI is InChI=1S/C25H25Cl2N5O2/c1-14-7-15(2)9-19(8-14)30-11-16(3)12-31-21-22(28-24(30)31)29(4)25(34)32(23(21)33)13-17-5-6-18(26)10-20(17)27/h5-10,16H,11-13H2,1-4H3/t16-/m0/s1. The third-order valence-corrected chi connectivity index (χ3v) is 6.89. The van der Waals surface area contributed by atoms with Crippen LogP contribution in [0.25, 0.3) is 11.2 Å². The lowest BCUT2D eigenvalue weighted by atomic mass is 10.1. The van der Waals surface area contributed by atoms with Gasteiger partial charge in [-0.25, -0.2) is 4.79 Å². The number of hydrogen-bond acceptors (Lipinski definition) is 4. The predicted octanol–water partition coefficient (Wildman–Crippen LogP) is 4.66. The van der Waals surface area contributed by atoms with Crippen molar-refractivity contribution < 1.29 is 0 Å². The first-order chi connectivity index (χ1) is 16.1. The summed E-state index contributed by atoms with van der Waals surface area (Å²) in [6.07, 6.45) is 0. The van der Waals surface area contributed by atoms with E-state index in [-0.39, 0.29) is 18.0 Å². The quantitative estimate of drug-likeness (QED) is 0.412. The van der Waals surface area contributed by atoms with Crippen molar-refractivity contribution in [3.8, 4) is 0 Å². The second-order valence-electron chi connectivity index (χ2n) is 9.22. The molecule has 0 spiro atoms. The molecule has 176 valence electrons. The first-order valence-electron chi connectivity index (χ1n) is 11.1. The average Bonchev–Trinajstić information content (AvgIpc) is 3.15. The van der Waals surface area contributed by atoms with Gasteiger partial charge in [0, 0.05) is 35.9 Å². The summed E-state index contributed by atoms with van der Waals surface area (Å²) in [4.78, 5) is 33.8. The van der Waals surface area contributed by atoms with Crippen LogP contribution in [-0.2, 0) is 20.1 Å². The van der Waals surface area contributed by atoms with Crippen molar-refractivity contribution in [1.82, 2.24) is 18.7 Å². The predicted molar refractivity (Wildman–Crippen MR) is 137 cm³/mol. The third kappa shape index (κ3) is 3.73. The Morgan fingerprint density at radius 3 is 2.41 bits per heavy atom. The summed E-state index contributed by atoms with van der Waals surface area (Å²) in [5.74, 6) is 0.953. The molecule has 9 heteroatoms. The van der Waals surface area contributed by atoms with E-state index in [1.165, 1.54) is 9.13 Å². The Kier molecular flexibility index (Phi) is 5.57. The summed E-state index contributed by atoms with van der Waals surface area (Å²) in [7, 11) is 1.65. The maximum atomic E-state index is 13.7. The summed E-state index contributed by atoms with van der Waals surface area (Å²) in [6, 6.07) is 11.4. The summed E-state index contributed by atoms with van der Waals surface area (Å²) >= 11 is 12.3. The Bertz CT molecular complexity index is 1550. The fourth-order valence-corrected chi connectivity index (χ4v) is 5.26. The molecule has 2 aromatic heterocycles. The molecule has 0 N–H and O–H groups in total. The number of nitrogens with zero attached hydrogens (tertiary/aromatic N) is 5. The maximum Gasteiger partial charge on any atom is 0.332 e. The molecule has 0 aliphatic carbocycles. The van der Waals surface area contributed by atoms with Crippen LogP contribution >= 0.6 is 23.2 Å². The molecule has 5 rings (SSSR count). The number of fused-ring (bicyclic) bond motifs is 3. The molecular weight excluding hydrogens is 473 g/mol. The lowest BCUT2D eigenvalue weighted by Gasteiger charge is -2.33. The first kappa shape index (κ1) is 22.7. The van der Waals surface area contributed by atoms with E-state index in [2.05, 4.69) is 43.9 Å². The van der Waals surface area contributed by atoms with E-state index in [0.717, 1.165) is 23.4 Å². The molecule has 0 radical (unpaired) electrons. The molecule has 1 aliphatic heterocycles. The van der Waals surface area contributed by atoms with Crippen molar-refractivity contribution in [2.75, 3.05) is 11.4 Å². The zero-order valence-electron chi connectivity index (χ0n) is 19.5. The van der Waals surface area contributed by atoms with Crippen LogP contribution in [0.4, 0.5) is 11.6 Å². The Labute approximate surface area is 206 Å². The third-order valence-electron chi connectivity index (χ3n) is 6.30. The van der Waals surface area contributed by atoms with Crippen LogP contribution in [0.1, 0.15) is 23.6 Å². The minimum atomic E-state index is -0.440. The second-order valence-corrected chi connectivity index (χ2v) is 10.1. The Hall–Kier alpha value is -3.03. The normalized spacial score (nSPS) is 15.7. The number of imidazole rings is 1. The van der Waals surface area contributed by atoms with E-state index in [1.807, 2.05) is 4.57 Å². The van der Waals surface area contributed by atoms with Crippen molar-refractivity contribution in [2.45, 2.75) is 33.9 Å². The second kappa shape index (κ2) is 8.32. The molecule has 0 saturated carbocycles. The highest BCUT2D eigenvalue weighted by atomic mass is 35.5. The van der Waals surface area contributed by atoms with E-state index in [4.69, 9.17) is 28.2 Å². The first-order valence-corrected chi connectivity index (χ1v) is 11.9. The van der Waals surface area contributed by atoms with Crippen LogP contribution in [0.5, 0.6) is 0 Å². The smallest absolute Gasteiger partial charge is 0.312 e. The molecule has 0 amide bonds. The highest BCUT2D eigenvalue weighted by Crippen LogP contribution is 2.33. The van der Waals surface area contributed by atoms with Gasteiger partial charge in [-0.3, -0.25) is 13.9 Å². The van der Waals surface area contributed by atoms with Crippen molar-refractivity contribution in [2.24, 2.45) is 13.0 Å². The molecule has 3 heterocycles. The molecule has 34 heavy (non-hydrogen) atoms. The minimum Gasteiger partial charge on any atom is -0.312 e. The number of aromatic nitrogens is 4. The van der Waals surface area contributed by atoms with Gasteiger partial charge in [0.1, 0.15) is 0 Å². The zero-order chi connectivity index (χ0) is 24.3. The molecule has 0 unspecified atom stereocenters.